The summed E-state index contributed by atoms with van der Waals surface area (Å²) in [6.45, 7) is 9.79. The summed E-state index contributed by atoms with van der Waals surface area (Å²) >= 11 is 0. The van der Waals surface area contributed by atoms with E-state index in [1.165, 1.54) is 11.3 Å². The van der Waals surface area contributed by atoms with E-state index in [0.717, 1.165) is 32.5 Å². The van der Waals surface area contributed by atoms with Gasteiger partial charge in [0.15, 0.2) is 5.96 Å². The van der Waals surface area contributed by atoms with E-state index in [2.05, 4.69) is 59.8 Å². The number of aliphatic imine (C=N–C) groups is 1. The molecule has 21 heavy (non-hydrogen) atoms. The summed E-state index contributed by atoms with van der Waals surface area (Å²) in [6.07, 6.45) is 2.26. The standard InChI is InChI=1S/C17H26N4/c1-13(2)20-10-8-17(9-11-20)12-19-16(18)21(17)15-7-5-4-6-14(15)3/h4-7,13H,8-12H2,1-3H3,(H2,18,19). The van der Waals surface area contributed by atoms with Crippen LogP contribution in [0.1, 0.15) is 32.3 Å². The van der Waals surface area contributed by atoms with E-state index in [-0.39, 0.29) is 5.54 Å². The van der Waals surface area contributed by atoms with Crippen molar-refractivity contribution in [3.63, 3.8) is 0 Å². The average molecular weight is 286 g/mol. The first-order valence-electron chi connectivity index (χ1n) is 7.93. The molecule has 0 unspecified atom stereocenters. The minimum Gasteiger partial charge on any atom is -0.369 e. The monoisotopic (exact) mass is 286 g/mol. The Morgan fingerprint density at radius 1 is 1.19 bits per heavy atom. The number of piperidine rings is 1. The van der Waals surface area contributed by atoms with Crippen LogP contribution in [0.4, 0.5) is 5.69 Å². The molecule has 2 aliphatic rings. The predicted molar refractivity (Wildman–Crippen MR) is 88.8 cm³/mol. The summed E-state index contributed by atoms with van der Waals surface area (Å²) in [5, 5.41) is 0. The van der Waals surface area contributed by atoms with Gasteiger partial charge in [-0.05, 0) is 45.2 Å². The zero-order chi connectivity index (χ0) is 15.0. The van der Waals surface area contributed by atoms with E-state index in [0.29, 0.717) is 12.0 Å². The third-order valence-electron chi connectivity index (χ3n) is 5.05. The van der Waals surface area contributed by atoms with Crippen LogP contribution in [0, 0.1) is 6.92 Å². The van der Waals surface area contributed by atoms with Crippen molar-refractivity contribution in [1.82, 2.24) is 4.90 Å². The van der Waals surface area contributed by atoms with Crippen molar-refractivity contribution in [2.75, 3.05) is 24.5 Å². The average Bonchev–Trinajstić information content (AvgIpc) is 2.77. The van der Waals surface area contributed by atoms with Crippen LogP contribution in [-0.2, 0) is 0 Å². The fourth-order valence-electron chi connectivity index (χ4n) is 3.64. The fraction of sp³-hybridized carbons (Fsp3) is 0.588. The third kappa shape index (κ3) is 2.42. The number of aryl methyl sites for hydroxylation is 1. The van der Waals surface area contributed by atoms with Crippen molar-refractivity contribution in [1.29, 1.82) is 0 Å². The van der Waals surface area contributed by atoms with Crippen molar-refractivity contribution in [2.45, 2.75) is 45.2 Å². The van der Waals surface area contributed by atoms with Crippen LogP contribution in [0.2, 0.25) is 0 Å². The molecule has 0 atom stereocenters. The van der Waals surface area contributed by atoms with Crippen LogP contribution in [0.3, 0.4) is 0 Å². The minimum absolute atomic E-state index is 0.0849. The fourth-order valence-corrected chi connectivity index (χ4v) is 3.64. The molecule has 2 N–H and O–H groups in total. The summed E-state index contributed by atoms with van der Waals surface area (Å²) in [7, 11) is 0. The van der Waals surface area contributed by atoms with Crippen LogP contribution < -0.4 is 10.6 Å². The molecule has 0 aromatic heterocycles. The van der Waals surface area contributed by atoms with Gasteiger partial charge < -0.3 is 15.5 Å². The van der Waals surface area contributed by atoms with Gasteiger partial charge >= 0.3 is 0 Å². The van der Waals surface area contributed by atoms with E-state index >= 15 is 0 Å². The summed E-state index contributed by atoms with van der Waals surface area (Å²) in [6, 6.07) is 9.10. The molecule has 0 radical (unpaired) electrons. The Morgan fingerprint density at radius 3 is 2.48 bits per heavy atom. The highest BCUT2D eigenvalue weighted by Crippen LogP contribution is 2.38. The van der Waals surface area contributed by atoms with Crippen LogP contribution in [0.15, 0.2) is 29.3 Å². The number of guanidine groups is 1. The molecule has 1 saturated heterocycles. The van der Waals surface area contributed by atoms with Crippen molar-refractivity contribution < 1.29 is 0 Å². The van der Waals surface area contributed by atoms with E-state index < -0.39 is 0 Å². The molecule has 0 amide bonds. The van der Waals surface area contributed by atoms with Crippen LogP contribution in [-0.4, -0.2) is 42.1 Å². The molecule has 0 saturated carbocycles. The van der Waals surface area contributed by atoms with E-state index in [9.17, 15) is 0 Å². The van der Waals surface area contributed by atoms with Gasteiger partial charge in [-0.3, -0.25) is 4.99 Å². The van der Waals surface area contributed by atoms with Crippen molar-refractivity contribution in [2.24, 2.45) is 10.7 Å². The number of anilines is 1. The highest BCUT2D eigenvalue weighted by molar-refractivity contribution is 5.99. The Labute approximate surface area is 127 Å². The largest absolute Gasteiger partial charge is 0.369 e. The Kier molecular flexibility index (Phi) is 3.66. The Hall–Kier alpha value is -1.55. The first-order valence-corrected chi connectivity index (χ1v) is 7.93. The molecule has 1 aromatic rings. The Bertz CT molecular complexity index is 541. The lowest BCUT2D eigenvalue weighted by molar-refractivity contribution is 0.139. The van der Waals surface area contributed by atoms with Gasteiger partial charge in [0.2, 0.25) is 0 Å². The highest BCUT2D eigenvalue weighted by atomic mass is 15.4. The second-order valence-corrected chi connectivity index (χ2v) is 6.65. The maximum absolute atomic E-state index is 6.24. The molecular formula is C17H26N4. The van der Waals surface area contributed by atoms with Gasteiger partial charge in [-0.2, -0.15) is 0 Å². The number of benzene rings is 1. The minimum atomic E-state index is 0.0849. The predicted octanol–water partition coefficient (Wildman–Crippen LogP) is 2.37. The zero-order valence-corrected chi connectivity index (χ0v) is 13.3. The van der Waals surface area contributed by atoms with Gasteiger partial charge in [-0.15, -0.1) is 0 Å². The number of nitrogens with zero attached hydrogens (tertiary/aromatic N) is 3. The second kappa shape index (κ2) is 5.34. The van der Waals surface area contributed by atoms with Gasteiger partial charge in [0, 0.05) is 24.8 Å². The zero-order valence-electron chi connectivity index (χ0n) is 13.3. The van der Waals surface area contributed by atoms with Crippen molar-refractivity contribution >= 4 is 11.6 Å². The molecule has 2 aliphatic heterocycles. The number of likely N-dealkylation sites (tertiary alicyclic amines) is 1. The van der Waals surface area contributed by atoms with Gasteiger partial charge in [0.25, 0.3) is 0 Å². The molecule has 2 heterocycles. The molecule has 114 valence electrons. The van der Waals surface area contributed by atoms with Gasteiger partial charge in [-0.25, -0.2) is 0 Å². The van der Waals surface area contributed by atoms with Gasteiger partial charge in [0.1, 0.15) is 0 Å². The van der Waals surface area contributed by atoms with Crippen LogP contribution in [0.5, 0.6) is 0 Å². The van der Waals surface area contributed by atoms with Crippen molar-refractivity contribution in [3.8, 4) is 0 Å². The molecule has 1 spiro atoms. The smallest absolute Gasteiger partial charge is 0.196 e. The first kappa shape index (κ1) is 14.4. The van der Waals surface area contributed by atoms with Gasteiger partial charge in [-0.1, -0.05) is 18.2 Å². The lowest BCUT2D eigenvalue weighted by Crippen LogP contribution is -2.58. The first-order chi connectivity index (χ1) is 10.0. The number of hydrogen-bond donors (Lipinski definition) is 1. The Balaban J connectivity index is 1.88. The van der Waals surface area contributed by atoms with E-state index in [1.54, 1.807) is 0 Å². The molecular weight excluding hydrogens is 260 g/mol. The second-order valence-electron chi connectivity index (χ2n) is 6.65. The van der Waals surface area contributed by atoms with Gasteiger partial charge in [0.05, 0.1) is 12.1 Å². The number of rotatable bonds is 2. The molecule has 1 fully saturated rings. The Morgan fingerprint density at radius 2 is 1.86 bits per heavy atom. The number of para-hydroxylation sites is 1. The van der Waals surface area contributed by atoms with Crippen LogP contribution >= 0.6 is 0 Å². The maximum atomic E-state index is 6.24. The molecule has 4 nitrogen and oxygen atoms in total. The highest BCUT2D eigenvalue weighted by Gasteiger charge is 2.45. The number of nitrogens with two attached hydrogens (primary N) is 1. The topological polar surface area (TPSA) is 44.9 Å². The SMILES string of the molecule is Cc1ccccc1N1C(N)=NCC12CCN(C(C)C)CC2. The lowest BCUT2D eigenvalue weighted by Gasteiger charge is -2.46. The van der Waals surface area contributed by atoms with Crippen molar-refractivity contribution in [3.05, 3.63) is 29.8 Å². The molecule has 0 aliphatic carbocycles. The summed E-state index contributed by atoms with van der Waals surface area (Å²) < 4.78 is 0. The van der Waals surface area contributed by atoms with E-state index in [4.69, 9.17) is 5.73 Å². The molecule has 1 aromatic carbocycles. The lowest BCUT2D eigenvalue weighted by atomic mass is 9.85. The normalized spacial score (nSPS) is 22.1. The maximum Gasteiger partial charge on any atom is 0.196 e. The number of hydrogen-bond acceptors (Lipinski definition) is 4. The third-order valence-corrected chi connectivity index (χ3v) is 5.05. The molecule has 3 rings (SSSR count). The summed E-state index contributed by atoms with van der Waals surface area (Å²) in [5.41, 5.74) is 8.81. The van der Waals surface area contributed by atoms with Crippen LogP contribution in [0.25, 0.3) is 0 Å². The molecule has 4 heteroatoms. The quantitative estimate of drug-likeness (QED) is 0.908. The van der Waals surface area contributed by atoms with E-state index in [1.807, 2.05) is 0 Å². The molecule has 0 bridgehead atoms. The summed E-state index contributed by atoms with van der Waals surface area (Å²) in [5.74, 6) is 0.683. The summed E-state index contributed by atoms with van der Waals surface area (Å²) in [4.78, 5) is 9.44.